The van der Waals surface area contributed by atoms with Gasteiger partial charge in [-0.05, 0) is 19.4 Å². The van der Waals surface area contributed by atoms with Crippen molar-refractivity contribution >= 4 is 12.0 Å². The lowest BCUT2D eigenvalue weighted by molar-refractivity contribution is -0.141. The molecule has 0 spiro atoms. The van der Waals surface area contributed by atoms with Gasteiger partial charge in [-0.15, -0.1) is 0 Å². The van der Waals surface area contributed by atoms with Crippen molar-refractivity contribution in [3.8, 4) is 0 Å². The van der Waals surface area contributed by atoms with E-state index in [0.717, 1.165) is 5.56 Å². The topological polar surface area (TPSA) is 89.9 Å². The zero-order chi connectivity index (χ0) is 15.1. The number of amides is 2. The van der Waals surface area contributed by atoms with E-state index in [9.17, 15) is 14.7 Å². The Morgan fingerprint density at radius 2 is 1.90 bits per heavy atom. The third kappa shape index (κ3) is 4.55. The average Bonchev–Trinajstić information content (AvgIpc) is 2.42. The Hall–Kier alpha value is -2.08. The maximum Gasteiger partial charge on any atom is 0.328 e. The Labute approximate surface area is 118 Å². The highest BCUT2D eigenvalue weighted by Gasteiger charge is 2.26. The van der Waals surface area contributed by atoms with Crippen LogP contribution in [-0.4, -0.2) is 45.8 Å². The van der Waals surface area contributed by atoms with Crippen LogP contribution in [0.5, 0.6) is 0 Å². The molecular formula is C14H20N2O4. The van der Waals surface area contributed by atoms with Crippen molar-refractivity contribution in [2.45, 2.75) is 32.5 Å². The van der Waals surface area contributed by atoms with Gasteiger partial charge in [-0.3, -0.25) is 0 Å². The predicted molar refractivity (Wildman–Crippen MR) is 74.2 cm³/mol. The van der Waals surface area contributed by atoms with Crippen molar-refractivity contribution < 1.29 is 19.8 Å². The van der Waals surface area contributed by atoms with E-state index in [4.69, 9.17) is 5.11 Å². The smallest absolute Gasteiger partial charge is 0.328 e. The van der Waals surface area contributed by atoms with Crippen molar-refractivity contribution in [2.75, 3.05) is 6.54 Å². The maximum absolute atomic E-state index is 12.0. The lowest BCUT2D eigenvalue weighted by atomic mass is 10.2. The first-order valence-corrected chi connectivity index (χ1v) is 6.46. The molecule has 0 radical (unpaired) electrons. The van der Waals surface area contributed by atoms with Crippen LogP contribution < -0.4 is 5.32 Å². The fourth-order valence-corrected chi connectivity index (χ4v) is 1.74. The molecular weight excluding hydrogens is 260 g/mol. The number of carboxylic acid groups (broad SMARTS) is 1. The Morgan fingerprint density at radius 1 is 1.30 bits per heavy atom. The van der Waals surface area contributed by atoms with Crippen molar-refractivity contribution in [1.82, 2.24) is 10.2 Å². The summed E-state index contributed by atoms with van der Waals surface area (Å²) in [5.41, 5.74) is 0.952. The molecule has 0 aliphatic rings. The van der Waals surface area contributed by atoms with Gasteiger partial charge in [0.2, 0.25) is 0 Å². The van der Waals surface area contributed by atoms with E-state index < -0.39 is 24.1 Å². The fourth-order valence-electron chi connectivity index (χ4n) is 1.74. The first-order chi connectivity index (χ1) is 9.45. The SMILES string of the molecule is CCN(Cc1ccccc1)C(=O)NC(C(=O)O)C(C)O. The summed E-state index contributed by atoms with van der Waals surface area (Å²) in [5.74, 6) is -1.26. The number of rotatable bonds is 6. The van der Waals surface area contributed by atoms with Crippen LogP contribution in [0.15, 0.2) is 30.3 Å². The molecule has 1 rings (SSSR count). The molecule has 0 aliphatic carbocycles. The molecule has 0 aliphatic heterocycles. The summed E-state index contributed by atoms with van der Waals surface area (Å²) in [6.07, 6.45) is -1.16. The zero-order valence-electron chi connectivity index (χ0n) is 11.6. The Balaban J connectivity index is 2.69. The third-order valence-corrected chi connectivity index (χ3v) is 2.91. The number of carboxylic acids is 1. The Kier molecular flexibility index (Phi) is 5.99. The third-order valence-electron chi connectivity index (χ3n) is 2.91. The molecule has 0 saturated carbocycles. The van der Waals surface area contributed by atoms with E-state index in [2.05, 4.69) is 5.32 Å². The van der Waals surface area contributed by atoms with Crippen molar-refractivity contribution in [3.05, 3.63) is 35.9 Å². The molecule has 0 bridgehead atoms. The van der Waals surface area contributed by atoms with E-state index in [1.54, 1.807) is 6.92 Å². The summed E-state index contributed by atoms with van der Waals surface area (Å²) >= 11 is 0. The second kappa shape index (κ2) is 7.49. The number of aliphatic hydroxyl groups is 1. The van der Waals surface area contributed by atoms with Crippen molar-refractivity contribution in [1.29, 1.82) is 0 Å². The van der Waals surface area contributed by atoms with Crippen LogP contribution in [0, 0.1) is 0 Å². The second-order valence-electron chi connectivity index (χ2n) is 4.51. The number of urea groups is 1. The summed E-state index contributed by atoms with van der Waals surface area (Å²) in [6.45, 7) is 3.95. The summed E-state index contributed by atoms with van der Waals surface area (Å²) in [6, 6.07) is 7.58. The highest BCUT2D eigenvalue weighted by atomic mass is 16.4. The van der Waals surface area contributed by atoms with Gasteiger partial charge in [-0.1, -0.05) is 30.3 Å². The molecule has 20 heavy (non-hydrogen) atoms. The maximum atomic E-state index is 12.0. The number of hydrogen-bond acceptors (Lipinski definition) is 3. The van der Waals surface area contributed by atoms with Gasteiger partial charge >= 0.3 is 12.0 Å². The minimum Gasteiger partial charge on any atom is -0.480 e. The van der Waals surface area contributed by atoms with Crippen LogP contribution in [0.4, 0.5) is 4.79 Å². The van der Waals surface area contributed by atoms with Gasteiger partial charge in [0.05, 0.1) is 6.10 Å². The number of nitrogens with zero attached hydrogens (tertiary/aromatic N) is 1. The summed E-state index contributed by atoms with van der Waals surface area (Å²) in [7, 11) is 0. The first-order valence-electron chi connectivity index (χ1n) is 6.46. The van der Waals surface area contributed by atoms with Crippen molar-refractivity contribution in [3.63, 3.8) is 0 Å². The largest absolute Gasteiger partial charge is 0.480 e. The van der Waals surface area contributed by atoms with Crippen LogP contribution in [0.3, 0.4) is 0 Å². The number of nitrogens with one attached hydrogen (secondary N) is 1. The number of aliphatic hydroxyl groups excluding tert-OH is 1. The number of aliphatic carboxylic acids is 1. The summed E-state index contributed by atoms with van der Waals surface area (Å²) < 4.78 is 0. The molecule has 2 unspecified atom stereocenters. The Morgan fingerprint density at radius 3 is 2.35 bits per heavy atom. The second-order valence-corrected chi connectivity index (χ2v) is 4.51. The number of hydrogen-bond donors (Lipinski definition) is 3. The van der Waals surface area contributed by atoms with Crippen LogP contribution in [-0.2, 0) is 11.3 Å². The van der Waals surface area contributed by atoms with Gasteiger partial charge in [0, 0.05) is 13.1 Å². The minimum absolute atomic E-state index is 0.384. The molecule has 2 amide bonds. The molecule has 2 atom stereocenters. The molecule has 6 heteroatoms. The quantitative estimate of drug-likeness (QED) is 0.726. The highest BCUT2D eigenvalue weighted by molar-refractivity contribution is 5.83. The number of benzene rings is 1. The molecule has 0 heterocycles. The lowest BCUT2D eigenvalue weighted by Crippen LogP contribution is -2.52. The van der Waals surface area contributed by atoms with Crippen molar-refractivity contribution in [2.24, 2.45) is 0 Å². The van der Waals surface area contributed by atoms with Crippen LogP contribution in [0.1, 0.15) is 19.4 Å². The van der Waals surface area contributed by atoms with E-state index in [-0.39, 0.29) is 0 Å². The van der Waals surface area contributed by atoms with E-state index in [1.807, 2.05) is 30.3 Å². The van der Waals surface area contributed by atoms with E-state index in [0.29, 0.717) is 13.1 Å². The number of carbonyl (C=O) groups excluding carboxylic acids is 1. The van der Waals surface area contributed by atoms with E-state index in [1.165, 1.54) is 11.8 Å². The van der Waals surface area contributed by atoms with E-state index >= 15 is 0 Å². The van der Waals surface area contributed by atoms with Crippen LogP contribution >= 0.6 is 0 Å². The Bertz CT molecular complexity index is 448. The van der Waals surface area contributed by atoms with Gasteiger partial charge in [-0.2, -0.15) is 0 Å². The molecule has 0 aromatic heterocycles. The van der Waals surface area contributed by atoms with Gasteiger partial charge in [0.1, 0.15) is 0 Å². The molecule has 0 fully saturated rings. The highest BCUT2D eigenvalue weighted by Crippen LogP contribution is 2.05. The monoisotopic (exact) mass is 280 g/mol. The summed E-state index contributed by atoms with van der Waals surface area (Å²) in [5, 5.41) is 20.6. The van der Waals surface area contributed by atoms with Crippen LogP contribution in [0.25, 0.3) is 0 Å². The van der Waals surface area contributed by atoms with Gasteiger partial charge in [0.25, 0.3) is 0 Å². The molecule has 1 aromatic carbocycles. The lowest BCUT2D eigenvalue weighted by Gasteiger charge is -2.25. The predicted octanol–water partition coefficient (Wildman–Crippen LogP) is 1.05. The molecule has 1 aromatic rings. The summed E-state index contributed by atoms with van der Waals surface area (Å²) in [4.78, 5) is 24.5. The fraction of sp³-hybridized carbons (Fsp3) is 0.429. The molecule has 0 saturated heterocycles. The van der Waals surface area contributed by atoms with Crippen LogP contribution in [0.2, 0.25) is 0 Å². The number of carbonyl (C=O) groups is 2. The molecule has 3 N–H and O–H groups in total. The first kappa shape index (κ1) is 16.0. The molecule has 6 nitrogen and oxygen atoms in total. The normalized spacial score (nSPS) is 13.3. The standard InChI is InChI=1S/C14H20N2O4/c1-3-16(9-11-7-5-4-6-8-11)14(20)15-12(10(2)17)13(18)19/h4-8,10,12,17H,3,9H2,1-2H3,(H,15,20)(H,18,19). The van der Waals surface area contributed by atoms with Gasteiger partial charge in [0.15, 0.2) is 6.04 Å². The molecule has 110 valence electrons. The van der Waals surface area contributed by atoms with Gasteiger partial charge < -0.3 is 20.4 Å². The zero-order valence-corrected chi connectivity index (χ0v) is 11.6. The van der Waals surface area contributed by atoms with Gasteiger partial charge in [-0.25, -0.2) is 9.59 Å². The minimum atomic E-state index is -1.31. The average molecular weight is 280 g/mol.